The number of piperidine rings is 1. The Labute approximate surface area is 143 Å². The predicted molar refractivity (Wildman–Crippen MR) is 98.7 cm³/mol. The molecule has 1 saturated heterocycles. The summed E-state index contributed by atoms with van der Waals surface area (Å²) in [6.45, 7) is 10.7. The third kappa shape index (κ3) is 9.98. The molecule has 0 atom stereocenters. The molecule has 0 aromatic carbocycles. The van der Waals surface area contributed by atoms with E-state index in [4.69, 9.17) is 0 Å². The van der Waals surface area contributed by atoms with Crippen LogP contribution in [0.15, 0.2) is 0 Å². The zero-order valence-electron chi connectivity index (χ0n) is 15.7. The molecule has 1 heterocycles. The van der Waals surface area contributed by atoms with E-state index in [1.807, 2.05) is 0 Å². The summed E-state index contributed by atoms with van der Waals surface area (Å²) >= 11 is 0. The van der Waals surface area contributed by atoms with Gasteiger partial charge in [-0.25, -0.2) is 0 Å². The number of carbonyl (C=O) groups is 1. The maximum Gasteiger partial charge on any atom is 0.222 e. The molecule has 0 bridgehead atoms. The summed E-state index contributed by atoms with van der Waals surface area (Å²) in [5.41, 5.74) is 0. The topological polar surface area (TPSA) is 44.4 Å². The van der Waals surface area contributed by atoms with Crippen LogP contribution < -0.4 is 10.6 Å². The summed E-state index contributed by atoms with van der Waals surface area (Å²) in [6, 6.07) is 1.19. The number of carbonyl (C=O) groups excluding carboxylic acids is 1. The second kappa shape index (κ2) is 12.8. The summed E-state index contributed by atoms with van der Waals surface area (Å²) in [5.74, 6) is 0.367. The highest BCUT2D eigenvalue weighted by atomic mass is 16.2. The third-order valence-electron chi connectivity index (χ3n) is 4.68. The molecule has 1 aliphatic rings. The maximum absolute atomic E-state index is 12.2. The minimum absolute atomic E-state index is 0.367. The van der Waals surface area contributed by atoms with Crippen LogP contribution in [0.4, 0.5) is 0 Å². The van der Waals surface area contributed by atoms with Crippen molar-refractivity contribution in [1.82, 2.24) is 15.5 Å². The van der Waals surface area contributed by atoms with E-state index in [9.17, 15) is 4.79 Å². The number of rotatable bonds is 12. The molecular weight excluding hydrogens is 286 g/mol. The van der Waals surface area contributed by atoms with Crippen molar-refractivity contribution in [3.05, 3.63) is 0 Å². The van der Waals surface area contributed by atoms with Gasteiger partial charge in [0.25, 0.3) is 0 Å². The molecule has 136 valence electrons. The van der Waals surface area contributed by atoms with Crippen LogP contribution in [0.1, 0.15) is 78.6 Å². The Balaban J connectivity index is 2.01. The van der Waals surface area contributed by atoms with Crippen molar-refractivity contribution < 1.29 is 4.79 Å². The highest BCUT2D eigenvalue weighted by Crippen LogP contribution is 2.13. The standard InChI is InChI=1S/C19H39N3O/c1-4-5-8-14-21-18-11-15-22(16-12-18)19(23)10-7-6-9-13-20-17(2)3/h17-18,20-21H,4-16H2,1-3H3. The van der Waals surface area contributed by atoms with E-state index >= 15 is 0 Å². The fourth-order valence-corrected chi connectivity index (χ4v) is 3.14. The van der Waals surface area contributed by atoms with Crippen LogP contribution in [-0.4, -0.2) is 49.1 Å². The predicted octanol–water partition coefficient (Wildman–Crippen LogP) is 3.32. The first kappa shape index (κ1) is 20.4. The van der Waals surface area contributed by atoms with Gasteiger partial charge in [-0.1, -0.05) is 40.0 Å². The van der Waals surface area contributed by atoms with E-state index in [-0.39, 0.29) is 0 Å². The van der Waals surface area contributed by atoms with Crippen LogP contribution >= 0.6 is 0 Å². The van der Waals surface area contributed by atoms with E-state index in [0.717, 1.165) is 58.3 Å². The van der Waals surface area contributed by atoms with Crippen LogP contribution in [-0.2, 0) is 4.79 Å². The van der Waals surface area contributed by atoms with Gasteiger partial charge in [0.1, 0.15) is 0 Å². The molecule has 0 aromatic rings. The quantitative estimate of drug-likeness (QED) is 0.541. The van der Waals surface area contributed by atoms with Gasteiger partial charge in [-0.05, 0) is 45.2 Å². The molecule has 0 aliphatic carbocycles. The van der Waals surface area contributed by atoms with Crippen molar-refractivity contribution in [2.24, 2.45) is 0 Å². The van der Waals surface area contributed by atoms with E-state index in [1.54, 1.807) is 0 Å². The Morgan fingerprint density at radius 2 is 1.74 bits per heavy atom. The number of unbranched alkanes of at least 4 members (excludes halogenated alkanes) is 4. The van der Waals surface area contributed by atoms with Crippen molar-refractivity contribution in [3.8, 4) is 0 Å². The lowest BCUT2D eigenvalue weighted by atomic mass is 10.0. The van der Waals surface area contributed by atoms with Crippen LogP contribution in [0.25, 0.3) is 0 Å². The molecule has 0 spiro atoms. The molecule has 0 radical (unpaired) electrons. The zero-order valence-corrected chi connectivity index (χ0v) is 15.7. The van der Waals surface area contributed by atoms with Gasteiger partial charge >= 0.3 is 0 Å². The van der Waals surface area contributed by atoms with Crippen LogP contribution in [0.3, 0.4) is 0 Å². The molecule has 0 aromatic heterocycles. The van der Waals surface area contributed by atoms with E-state index < -0.39 is 0 Å². The van der Waals surface area contributed by atoms with Gasteiger partial charge < -0.3 is 15.5 Å². The zero-order chi connectivity index (χ0) is 16.9. The molecule has 0 saturated carbocycles. The first-order valence-corrected chi connectivity index (χ1v) is 9.88. The number of amides is 1. The molecule has 4 heteroatoms. The largest absolute Gasteiger partial charge is 0.343 e. The molecule has 0 unspecified atom stereocenters. The lowest BCUT2D eigenvalue weighted by Gasteiger charge is -2.32. The lowest BCUT2D eigenvalue weighted by Crippen LogP contribution is -2.45. The van der Waals surface area contributed by atoms with Crippen molar-refractivity contribution in [1.29, 1.82) is 0 Å². The first-order valence-electron chi connectivity index (χ1n) is 9.88. The number of hydrogen-bond donors (Lipinski definition) is 2. The number of hydrogen-bond acceptors (Lipinski definition) is 3. The van der Waals surface area contributed by atoms with Crippen molar-refractivity contribution >= 4 is 5.91 Å². The van der Waals surface area contributed by atoms with Gasteiger partial charge in [-0.15, -0.1) is 0 Å². The molecule has 23 heavy (non-hydrogen) atoms. The van der Waals surface area contributed by atoms with Crippen molar-refractivity contribution in [3.63, 3.8) is 0 Å². The second-order valence-electron chi connectivity index (χ2n) is 7.24. The Bertz CT molecular complexity index is 299. The molecule has 1 amide bonds. The van der Waals surface area contributed by atoms with Gasteiger partial charge in [0.05, 0.1) is 0 Å². The van der Waals surface area contributed by atoms with E-state index in [1.165, 1.54) is 25.7 Å². The minimum Gasteiger partial charge on any atom is -0.343 e. The minimum atomic E-state index is 0.367. The highest BCUT2D eigenvalue weighted by molar-refractivity contribution is 5.76. The SMILES string of the molecule is CCCCCNC1CCN(C(=O)CCCCCNC(C)C)CC1. The van der Waals surface area contributed by atoms with Crippen LogP contribution in [0.2, 0.25) is 0 Å². The molecule has 1 aliphatic heterocycles. The Morgan fingerprint density at radius 3 is 2.39 bits per heavy atom. The van der Waals surface area contributed by atoms with Gasteiger partial charge in [0, 0.05) is 31.6 Å². The average Bonchev–Trinajstić information content (AvgIpc) is 2.55. The number of nitrogens with zero attached hydrogens (tertiary/aromatic N) is 1. The maximum atomic E-state index is 12.2. The van der Waals surface area contributed by atoms with Crippen molar-refractivity contribution in [2.45, 2.75) is 90.6 Å². The summed E-state index contributed by atoms with van der Waals surface area (Å²) in [5, 5.41) is 7.07. The normalized spacial score (nSPS) is 16.3. The van der Waals surface area contributed by atoms with Crippen molar-refractivity contribution in [2.75, 3.05) is 26.2 Å². The number of nitrogens with one attached hydrogen (secondary N) is 2. The molecule has 1 fully saturated rings. The van der Waals surface area contributed by atoms with Gasteiger partial charge in [-0.2, -0.15) is 0 Å². The Hall–Kier alpha value is -0.610. The van der Waals surface area contributed by atoms with Gasteiger partial charge in [0.15, 0.2) is 0 Å². The lowest BCUT2D eigenvalue weighted by molar-refractivity contribution is -0.132. The molecular formula is C19H39N3O. The monoisotopic (exact) mass is 325 g/mol. The molecule has 2 N–H and O–H groups in total. The fourth-order valence-electron chi connectivity index (χ4n) is 3.14. The van der Waals surface area contributed by atoms with Gasteiger partial charge in [0.2, 0.25) is 5.91 Å². The molecule has 1 rings (SSSR count). The van der Waals surface area contributed by atoms with E-state index in [2.05, 4.69) is 36.3 Å². The first-order chi connectivity index (χ1) is 11.1. The second-order valence-corrected chi connectivity index (χ2v) is 7.24. The summed E-state index contributed by atoms with van der Waals surface area (Å²) in [6.07, 6.45) is 10.2. The highest BCUT2D eigenvalue weighted by Gasteiger charge is 2.21. The third-order valence-corrected chi connectivity index (χ3v) is 4.68. The smallest absolute Gasteiger partial charge is 0.222 e. The number of likely N-dealkylation sites (tertiary alicyclic amines) is 1. The fraction of sp³-hybridized carbons (Fsp3) is 0.947. The summed E-state index contributed by atoms with van der Waals surface area (Å²) < 4.78 is 0. The van der Waals surface area contributed by atoms with Crippen LogP contribution in [0, 0.1) is 0 Å². The van der Waals surface area contributed by atoms with Gasteiger partial charge in [-0.3, -0.25) is 4.79 Å². The summed E-state index contributed by atoms with van der Waals surface area (Å²) in [4.78, 5) is 14.3. The summed E-state index contributed by atoms with van der Waals surface area (Å²) in [7, 11) is 0. The Morgan fingerprint density at radius 1 is 1.04 bits per heavy atom. The Kier molecular flexibility index (Phi) is 11.3. The van der Waals surface area contributed by atoms with Crippen LogP contribution in [0.5, 0.6) is 0 Å². The average molecular weight is 326 g/mol. The molecule has 4 nitrogen and oxygen atoms in total. The van der Waals surface area contributed by atoms with E-state index in [0.29, 0.717) is 18.0 Å².